The van der Waals surface area contributed by atoms with Crippen LogP contribution in [0.1, 0.15) is 22.0 Å². The molecule has 1 aromatic carbocycles. The Balaban J connectivity index is 3.36. The Morgan fingerprint density at radius 2 is 2.06 bits per heavy atom. The zero-order valence-corrected chi connectivity index (χ0v) is 8.81. The summed E-state index contributed by atoms with van der Waals surface area (Å²) in [5.74, 6) is -4.30. The van der Waals surface area contributed by atoms with Gasteiger partial charge in [-0.25, -0.2) is 9.18 Å². The molecule has 0 aromatic heterocycles. The molecule has 0 heterocycles. The van der Waals surface area contributed by atoms with Crippen molar-refractivity contribution in [2.75, 3.05) is 7.11 Å². The first kappa shape index (κ1) is 12.9. The average molecular weight is 243 g/mol. The number of ether oxygens (including phenoxy) is 1. The van der Waals surface area contributed by atoms with Gasteiger partial charge in [0.1, 0.15) is 23.2 Å². The lowest BCUT2D eigenvalue weighted by Gasteiger charge is -2.13. The molecule has 1 aromatic rings. The summed E-state index contributed by atoms with van der Waals surface area (Å²) in [6, 6.07) is 0.0984. The zero-order chi connectivity index (χ0) is 13.2. The minimum atomic E-state index is -1.58. The number of halogens is 1. The highest BCUT2D eigenvalue weighted by Crippen LogP contribution is 2.30. The highest BCUT2D eigenvalue weighted by molar-refractivity contribution is 5.92. The third kappa shape index (κ3) is 2.34. The highest BCUT2D eigenvalue weighted by atomic mass is 19.1. The molecule has 1 rings (SSSR count). The minimum Gasteiger partial charge on any atom is -0.507 e. The number of phenols is 1. The van der Waals surface area contributed by atoms with Crippen molar-refractivity contribution in [2.45, 2.75) is 6.04 Å². The molecule has 0 saturated carbocycles. The number of methoxy groups -OCH3 is 1. The van der Waals surface area contributed by atoms with Crippen LogP contribution in [0, 0.1) is 5.82 Å². The first-order valence-electron chi connectivity index (χ1n) is 4.48. The van der Waals surface area contributed by atoms with Crippen LogP contribution in [0.2, 0.25) is 0 Å². The summed E-state index contributed by atoms with van der Waals surface area (Å²) in [6.45, 7) is 0. The second-order valence-corrected chi connectivity index (χ2v) is 3.16. The molecule has 7 heteroatoms. The SMILES string of the molecule is COC(=O)[C@@H](N)c1c(F)ccc(C(=O)O)c1O. The number of rotatable bonds is 3. The molecule has 0 unspecified atom stereocenters. The van der Waals surface area contributed by atoms with Crippen LogP contribution in [0.3, 0.4) is 0 Å². The minimum absolute atomic E-state index is 0.541. The average Bonchev–Trinajstić information content (AvgIpc) is 2.27. The maximum atomic E-state index is 13.4. The molecule has 0 saturated heterocycles. The van der Waals surface area contributed by atoms with Gasteiger partial charge in [0, 0.05) is 0 Å². The number of carboxylic acid groups (broad SMARTS) is 1. The van der Waals surface area contributed by atoms with Crippen molar-refractivity contribution in [2.24, 2.45) is 5.73 Å². The number of carbonyl (C=O) groups excluding carboxylic acids is 1. The van der Waals surface area contributed by atoms with Crippen molar-refractivity contribution in [1.29, 1.82) is 0 Å². The van der Waals surface area contributed by atoms with Crippen LogP contribution in [-0.4, -0.2) is 29.3 Å². The number of carbonyl (C=O) groups is 2. The molecule has 0 fully saturated rings. The Kier molecular flexibility index (Phi) is 3.64. The van der Waals surface area contributed by atoms with Gasteiger partial charge in [0.25, 0.3) is 0 Å². The van der Waals surface area contributed by atoms with Gasteiger partial charge in [0.05, 0.1) is 12.7 Å². The number of esters is 1. The lowest BCUT2D eigenvalue weighted by Crippen LogP contribution is -2.24. The molecule has 0 amide bonds. The van der Waals surface area contributed by atoms with E-state index < -0.39 is 40.7 Å². The van der Waals surface area contributed by atoms with Gasteiger partial charge in [0.2, 0.25) is 0 Å². The van der Waals surface area contributed by atoms with Crippen molar-refractivity contribution >= 4 is 11.9 Å². The summed E-state index contributed by atoms with van der Waals surface area (Å²) in [5.41, 5.74) is 4.21. The van der Waals surface area contributed by atoms with Crippen LogP contribution >= 0.6 is 0 Å². The summed E-state index contributed by atoms with van der Waals surface area (Å²) in [6.07, 6.45) is 0. The van der Waals surface area contributed by atoms with Gasteiger partial charge in [-0.05, 0) is 12.1 Å². The van der Waals surface area contributed by atoms with E-state index in [4.69, 9.17) is 10.8 Å². The largest absolute Gasteiger partial charge is 0.507 e. The molecule has 0 bridgehead atoms. The van der Waals surface area contributed by atoms with Crippen LogP contribution in [-0.2, 0) is 9.53 Å². The number of hydrogen-bond donors (Lipinski definition) is 3. The fourth-order valence-corrected chi connectivity index (χ4v) is 1.30. The summed E-state index contributed by atoms with van der Waals surface area (Å²) in [4.78, 5) is 21.8. The number of benzene rings is 1. The lowest BCUT2D eigenvalue weighted by atomic mass is 10.0. The fourth-order valence-electron chi connectivity index (χ4n) is 1.30. The molecule has 1 atom stereocenters. The van der Waals surface area contributed by atoms with Gasteiger partial charge in [-0.3, -0.25) is 4.79 Å². The normalized spacial score (nSPS) is 11.9. The van der Waals surface area contributed by atoms with E-state index >= 15 is 0 Å². The van der Waals surface area contributed by atoms with E-state index in [0.717, 1.165) is 19.2 Å². The monoisotopic (exact) mass is 243 g/mol. The number of aromatic carboxylic acids is 1. The molecular formula is C10H10FNO5. The van der Waals surface area contributed by atoms with Gasteiger partial charge < -0.3 is 20.7 Å². The van der Waals surface area contributed by atoms with E-state index in [0.29, 0.717) is 0 Å². The van der Waals surface area contributed by atoms with Gasteiger partial charge in [-0.1, -0.05) is 0 Å². The smallest absolute Gasteiger partial charge is 0.339 e. The van der Waals surface area contributed by atoms with Crippen molar-refractivity contribution in [3.05, 3.63) is 29.1 Å². The van der Waals surface area contributed by atoms with E-state index in [-0.39, 0.29) is 0 Å². The molecule has 92 valence electrons. The Morgan fingerprint density at radius 3 is 2.53 bits per heavy atom. The van der Waals surface area contributed by atoms with Crippen LogP contribution in [0.5, 0.6) is 5.75 Å². The molecule has 0 radical (unpaired) electrons. The van der Waals surface area contributed by atoms with Crippen LogP contribution in [0.15, 0.2) is 12.1 Å². The highest BCUT2D eigenvalue weighted by Gasteiger charge is 2.27. The molecule has 0 aliphatic carbocycles. The van der Waals surface area contributed by atoms with E-state index in [1.54, 1.807) is 0 Å². The predicted molar refractivity (Wildman–Crippen MR) is 54.0 cm³/mol. The number of carboxylic acids is 1. The first-order valence-corrected chi connectivity index (χ1v) is 4.48. The van der Waals surface area contributed by atoms with Gasteiger partial charge >= 0.3 is 11.9 Å². The molecule has 0 aliphatic heterocycles. The van der Waals surface area contributed by atoms with Gasteiger partial charge in [0.15, 0.2) is 0 Å². The second-order valence-electron chi connectivity index (χ2n) is 3.16. The summed E-state index contributed by atoms with van der Waals surface area (Å²) >= 11 is 0. The lowest BCUT2D eigenvalue weighted by molar-refractivity contribution is -0.142. The van der Waals surface area contributed by atoms with Crippen molar-refractivity contribution in [1.82, 2.24) is 0 Å². The molecule has 0 aliphatic rings. The van der Waals surface area contributed by atoms with Crippen LogP contribution in [0.4, 0.5) is 4.39 Å². The molecule has 6 nitrogen and oxygen atoms in total. The molecule has 17 heavy (non-hydrogen) atoms. The quantitative estimate of drug-likeness (QED) is 0.663. The number of aromatic hydroxyl groups is 1. The molecule has 4 N–H and O–H groups in total. The standard InChI is InChI=1S/C10H10FNO5/c1-17-10(16)7(12)6-5(11)3-2-4(8(6)13)9(14)15/h2-3,7,13H,12H2,1H3,(H,14,15)/t7-/m0/s1. The summed E-state index contributed by atoms with van der Waals surface area (Å²) in [5, 5.41) is 18.3. The molecular weight excluding hydrogens is 233 g/mol. The summed E-state index contributed by atoms with van der Waals surface area (Å²) < 4.78 is 17.7. The van der Waals surface area contributed by atoms with Crippen molar-refractivity contribution in [3.8, 4) is 5.75 Å². The summed E-state index contributed by atoms with van der Waals surface area (Å²) in [7, 11) is 1.04. The second kappa shape index (κ2) is 4.79. The number of nitrogens with two attached hydrogens (primary N) is 1. The van der Waals surface area contributed by atoms with Crippen LogP contribution < -0.4 is 5.73 Å². The van der Waals surface area contributed by atoms with E-state index in [2.05, 4.69) is 4.74 Å². The topological polar surface area (TPSA) is 110 Å². The van der Waals surface area contributed by atoms with E-state index in [9.17, 15) is 19.1 Å². The fraction of sp³-hybridized carbons (Fsp3) is 0.200. The van der Waals surface area contributed by atoms with Gasteiger partial charge in [-0.15, -0.1) is 0 Å². The maximum absolute atomic E-state index is 13.4. The third-order valence-corrected chi connectivity index (χ3v) is 2.16. The molecule has 0 spiro atoms. The maximum Gasteiger partial charge on any atom is 0.339 e. The Labute approximate surface area is 95.4 Å². The third-order valence-electron chi connectivity index (χ3n) is 2.16. The first-order chi connectivity index (χ1) is 7.90. The Hall–Kier alpha value is -2.15. The van der Waals surface area contributed by atoms with Crippen LogP contribution in [0.25, 0.3) is 0 Å². The van der Waals surface area contributed by atoms with E-state index in [1.807, 2.05) is 0 Å². The predicted octanol–water partition coefficient (Wildman–Crippen LogP) is 0.402. The Morgan fingerprint density at radius 1 is 1.47 bits per heavy atom. The number of hydrogen-bond acceptors (Lipinski definition) is 5. The van der Waals surface area contributed by atoms with Crippen molar-refractivity contribution in [3.63, 3.8) is 0 Å². The Bertz CT molecular complexity index is 474. The van der Waals surface area contributed by atoms with Gasteiger partial charge in [-0.2, -0.15) is 0 Å². The zero-order valence-electron chi connectivity index (χ0n) is 8.81. The van der Waals surface area contributed by atoms with E-state index in [1.165, 1.54) is 0 Å². The van der Waals surface area contributed by atoms with Crippen molar-refractivity contribution < 1.29 is 28.9 Å².